The zero-order valence-electron chi connectivity index (χ0n) is 15.3. The molecule has 4 aliphatic rings. The van der Waals surface area contributed by atoms with E-state index in [2.05, 4.69) is 0 Å². The molecule has 144 valence electrons. The van der Waals surface area contributed by atoms with Crippen LogP contribution in [-0.4, -0.2) is 71.3 Å². The number of esters is 2. The van der Waals surface area contributed by atoms with Gasteiger partial charge in [-0.05, 0) is 13.0 Å². The number of epoxide rings is 1. The molecule has 8 nitrogen and oxygen atoms in total. The number of nitrogens with zero attached hydrogens (tertiary/aromatic N) is 1. The predicted molar refractivity (Wildman–Crippen MR) is 88.3 cm³/mol. The summed E-state index contributed by atoms with van der Waals surface area (Å²) in [4.78, 5) is 25.4. The highest BCUT2D eigenvalue weighted by molar-refractivity contribution is 5.84. The zero-order valence-corrected chi connectivity index (χ0v) is 15.3. The summed E-state index contributed by atoms with van der Waals surface area (Å²) in [6.45, 7) is 5.58. The highest BCUT2D eigenvalue weighted by Crippen LogP contribution is 2.46. The third-order valence-electron chi connectivity index (χ3n) is 6.91. The summed E-state index contributed by atoms with van der Waals surface area (Å²) in [6.07, 6.45) is 1.69. The molecule has 1 unspecified atom stereocenters. The predicted octanol–water partition coefficient (Wildman–Crippen LogP) is 0.274. The Balaban J connectivity index is 1.70. The van der Waals surface area contributed by atoms with Gasteiger partial charge in [0.25, 0.3) is 0 Å². The van der Waals surface area contributed by atoms with Gasteiger partial charge in [0.2, 0.25) is 0 Å². The van der Waals surface area contributed by atoms with E-state index in [4.69, 9.17) is 14.2 Å². The lowest BCUT2D eigenvalue weighted by Gasteiger charge is -2.41. The minimum atomic E-state index is -1.78. The monoisotopic (exact) mass is 367 g/mol. The van der Waals surface area contributed by atoms with Crippen LogP contribution >= 0.6 is 0 Å². The van der Waals surface area contributed by atoms with E-state index in [-0.39, 0.29) is 19.8 Å². The van der Waals surface area contributed by atoms with Gasteiger partial charge in [0.15, 0.2) is 23.3 Å². The number of cyclic esters (lactones) is 1. The summed E-state index contributed by atoms with van der Waals surface area (Å²) in [5.74, 6) is -2.31. The van der Waals surface area contributed by atoms with Crippen LogP contribution in [0.1, 0.15) is 27.2 Å². The van der Waals surface area contributed by atoms with Crippen LogP contribution in [0.5, 0.6) is 0 Å². The highest BCUT2D eigenvalue weighted by atomic mass is 16.7. The standard InChI is InChI=1S/C18H25NO7/c1-10-11(2)18(9-25-18)16(21)26-13-5-7-19(23)6-4-12(14(13)19)8-24-15(20)17(10,3)22/h4,10-11,13-14,22H,5-9H2,1-3H3/t10-,11-,13-,14-,17-,18-,19?/m1/s1. The van der Waals surface area contributed by atoms with Crippen LogP contribution in [0, 0.1) is 17.0 Å². The van der Waals surface area contributed by atoms with Crippen molar-refractivity contribution in [2.24, 2.45) is 11.8 Å². The first kappa shape index (κ1) is 17.9. The molecule has 26 heavy (non-hydrogen) atoms. The van der Waals surface area contributed by atoms with E-state index in [1.165, 1.54) is 6.92 Å². The van der Waals surface area contributed by atoms with E-state index in [1.807, 2.05) is 0 Å². The zero-order chi connectivity index (χ0) is 18.9. The normalized spacial score (nSPS) is 51.0. The van der Waals surface area contributed by atoms with Crippen molar-refractivity contribution in [3.63, 3.8) is 0 Å². The third-order valence-corrected chi connectivity index (χ3v) is 6.91. The molecule has 0 aromatic rings. The quantitative estimate of drug-likeness (QED) is 0.215. The average molecular weight is 367 g/mol. The number of hydroxylamine groups is 3. The summed E-state index contributed by atoms with van der Waals surface area (Å²) in [7, 11) is 0. The Morgan fingerprint density at radius 1 is 1.27 bits per heavy atom. The van der Waals surface area contributed by atoms with Crippen LogP contribution < -0.4 is 0 Å². The maximum absolute atomic E-state index is 13.0. The van der Waals surface area contributed by atoms with Crippen molar-refractivity contribution in [1.82, 2.24) is 0 Å². The maximum Gasteiger partial charge on any atom is 0.341 e. The third kappa shape index (κ3) is 2.36. The Morgan fingerprint density at radius 3 is 2.62 bits per heavy atom. The van der Waals surface area contributed by atoms with Crippen LogP contribution in [-0.2, 0) is 23.8 Å². The van der Waals surface area contributed by atoms with Gasteiger partial charge in [-0.15, -0.1) is 0 Å². The topological polar surface area (TPSA) is 108 Å². The molecule has 1 N–H and O–H groups in total. The second kappa shape index (κ2) is 5.51. The van der Waals surface area contributed by atoms with Crippen LogP contribution in [0.25, 0.3) is 0 Å². The summed E-state index contributed by atoms with van der Waals surface area (Å²) in [5.41, 5.74) is -2.30. The molecule has 8 heteroatoms. The molecule has 4 rings (SSSR count). The fraction of sp³-hybridized carbons (Fsp3) is 0.778. The number of ether oxygens (including phenoxy) is 3. The minimum absolute atomic E-state index is 0.0707. The molecule has 0 aromatic carbocycles. The number of rotatable bonds is 0. The highest BCUT2D eigenvalue weighted by Gasteiger charge is 2.63. The summed E-state index contributed by atoms with van der Waals surface area (Å²) in [6, 6.07) is -0.556. The number of carbonyl (C=O) groups excluding carboxylic acids is 2. The van der Waals surface area contributed by atoms with Crippen LogP contribution in [0.15, 0.2) is 11.6 Å². The smallest absolute Gasteiger partial charge is 0.341 e. The first-order valence-electron chi connectivity index (χ1n) is 9.13. The van der Waals surface area contributed by atoms with Crippen LogP contribution in [0.2, 0.25) is 0 Å². The summed E-state index contributed by atoms with van der Waals surface area (Å²) < 4.78 is 16.1. The number of carbonyl (C=O) groups is 2. The van der Waals surface area contributed by atoms with Crippen molar-refractivity contribution in [2.45, 2.75) is 50.5 Å². The Bertz CT molecular complexity index is 683. The molecule has 3 saturated heterocycles. The SMILES string of the molecule is C[C@@H]1[C@@H](C)[C@]2(CO2)C(=O)O[C@@H]2CC[N+]3([O-])CC=C(COC(=O)[C@]1(C)O)[C@H]23. The molecular weight excluding hydrogens is 342 g/mol. The van der Waals surface area contributed by atoms with Crippen molar-refractivity contribution < 1.29 is 33.6 Å². The molecule has 4 aliphatic heterocycles. The lowest BCUT2D eigenvalue weighted by molar-refractivity contribution is -0.877. The summed E-state index contributed by atoms with van der Waals surface area (Å²) in [5, 5.41) is 23.7. The fourth-order valence-corrected chi connectivity index (χ4v) is 4.60. The number of aliphatic hydroxyl groups is 1. The van der Waals surface area contributed by atoms with Gasteiger partial charge in [0, 0.05) is 23.8 Å². The second-order valence-electron chi connectivity index (χ2n) is 8.29. The van der Waals surface area contributed by atoms with Gasteiger partial charge < -0.3 is 29.2 Å². The Labute approximate surface area is 151 Å². The molecule has 1 spiro atoms. The molecule has 3 fully saturated rings. The second-order valence-corrected chi connectivity index (χ2v) is 8.29. The Kier molecular flexibility index (Phi) is 3.80. The molecule has 0 saturated carbocycles. The van der Waals surface area contributed by atoms with E-state index >= 15 is 0 Å². The molecule has 0 aliphatic carbocycles. The van der Waals surface area contributed by atoms with E-state index in [1.54, 1.807) is 19.9 Å². The van der Waals surface area contributed by atoms with Gasteiger partial charge in [-0.25, -0.2) is 9.59 Å². The fourth-order valence-electron chi connectivity index (χ4n) is 4.60. The summed E-state index contributed by atoms with van der Waals surface area (Å²) >= 11 is 0. The largest absolute Gasteiger partial charge is 0.632 e. The average Bonchev–Trinajstić information content (AvgIpc) is 3.26. The first-order chi connectivity index (χ1) is 12.1. The van der Waals surface area contributed by atoms with Crippen molar-refractivity contribution in [3.05, 3.63) is 16.9 Å². The lowest BCUT2D eigenvalue weighted by atomic mass is 9.75. The number of hydrogen-bond acceptors (Lipinski definition) is 7. The molecule has 0 amide bonds. The van der Waals surface area contributed by atoms with E-state index in [0.29, 0.717) is 18.5 Å². The Hall–Kier alpha value is -1.48. The number of hydrogen-bond donors (Lipinski definition) is 1. The van der Waals surface area contributed by atoms with Gasteiger partial charge in [-0.2, -0.15) is 0 Å². The van der Waals surface area contributed by atoms with Gasteiger partial charge in [-0.1, -0.05) is 13.8 Å². The molecule has 0 radical (unpaired) electrons. The molecular formula is C18H25NO7. The van der Waals surface area contributed by atoms with Gasteiger partial charge in [0.05, 0.1) is 19.7 Å². The van der Waals surface area contributed by atoms with Crippen molar-refractivity contribution in [1.29, 1.82) is 0 Å². The lowest BCUT2D eigenvalue weighted by Crippen LogP contribution is -2.53. The number of quaternary nitrogens is 1. The van der Waals surface area contributed by atoms with E-state index in [0.717, 1.165) is 0 Å². The first-order valence-corrected chi connectivity index (χ1v) is 9.13. The Morgan fingerprint density at radius 2 is 1.96 bits per heavy atom. The van der Waals surface area contributed by atoms with Crippen LogP contribution in [0.4, 0.5) is 0 Å². The van der Waals surface area contributed by atoms with Gasteiger partial charge in [0.1, 0.15) is 6.61 Å². The van der Waals surface area contributed by atoms with E-state index < -0.39 is 51.8 Å². The van der Waals surface area contributed by atoms with Crippen LogP contribution in [0.3, 0.4) is 0 Å². The maximum atomic E-state index is 13.0. The molecule has 7 atom stereocenters. The molecule has 0 bridgehead atoms. The van der Waals surface area contributed by atoms with Crippen molar-refractivity contribution in [2.75, 3.05) is 26.3 Å². The molecule has 0 aromatic heterocycles. The van der Waals surface area contributed by atoms with Crippen molar-refractivity contribution >= 4 is 11.9 Å². The van der Waals surface area contributed by atoms with Gasteiger partial charge >= 0.3 is 11.9 Å². The van der Waals surface area contributed by atoms with Crippen molar-refractivity contribution in [3.8, 4) is 0 Å². The molecule has 4 heterocycles. The van der Waals surface area contributed by atoms with E-state index in [9.17, 15) is 19.9 Å². The minimum Gasteiger partial charge on any atom is -0.632 e. The van der Waals surface area contributed by atoms with Gasteiger partial charge in [-0.3, -0.25) is 0 Å².